The maximum atomic E-state index is 13.8. The first-order valence-corrected chi connectivity index (χ1v) is 7.22. The average molecular weight is 283 g/mol. The Labute approximate surface area is 123 Å². The fraction of sp³-hybridized carbons (Fsp3) is 0.235. The van der Waals surface area contributed by atoms with Gasteiger partial charge in [0.1, 0.15) is 5.52 Å². The van der Waals surface area contributed by atoms with Crippen LogP contribution in [0.15, 0.2) is 42.5 Å². The summed E-state index contributed by atoms with van der Waals surface area (Å²) in [4.78, 5) is 4.13. The molecule has 0 aliphatic rings. The quantitative estimate of drug-likeness (QED) is 0.783. The van der Waals surface area contributed by atoms with Crippen LogP contribution in [0, 0.1) is 5.82 Å². The smallest absolute Gasteiger partial charge is 0.206 e. The molecule has 21 heavy (non-hydrogen) atoms. The normalized spacial score (nSPS) is 11.1. The van der Waals surface area contributed by atoms with Crippen LogP contribution in [0.4, 0.5) is 10.3 Å². The number of unbranched alkanes of at least 4 members (excludes halogenated alkanes) is 1. The molecule has 0 fully saturated rings. The summed E-state index contributed by atoms with van der Waals surface area (Å²) in [5, 5.41) is 0. The van der Waals surface area contributed by atoms with E-state index in [0.717, 1.165) is 12.1 Å². The van der Waals surface area contributed by atoms with E-state index in [1.807, 2.05) is 18.2 Å². The van der Waals surface area contributed by atoms with Gasteiger partial charge in [-0.25, -0.2) is 9.37 Å². The number of nitrogen functional groups attached to an aromatic ring is 1. The molecule has 0 amide bonds. The number of halogens is 1. The molecule has 0 saturated heterocycles. The van der Waals surface area contributed by atoms with Crippen LogP contribution in [0.1, 0.15) is 25.3 Å². The molecule has 0 saturated carbocycles. The van der Waals surface area contributed by atoms with Crippen molar-refractivity contribution in [2.24, 2.45) is 0 Å². The summed E-state index contributed by atoms with van der Waals surface area (Å²) < 4.78 is 15.5. The molecular formula is C17H18FN3. The van der Waals surface area contributed by atoms with Crippen LogP contribution in [0.5, 0.6) is 0 Å². The second-order valence-electron chi connectivity index (χ2n) is 5.18. The van der Waals surface area contributed by atoms with E-state index in [1.54, 1.807) is 10.6 Å². The Morgan fingerprint density at radius 1 is 1.14 bits per heavy atom. The van der Waals surface area contributed by atoms with E-state index in [-0.39, 0.29) is 5.82 Å². The molecule has 0 unspecified atom stereocenters. The van der Waals surface area contributed by atoms with Crippen LogP contribution in [0.3, 0.4) is 0 Å². The lowest BCUT2D eigenvalue weighted by Gasteiger charge is -2.08. The highest BCUT2D eigenvalue weighted by molar-refractivity contribution is 5.81. The van der Waals surface area contributed by atoms with Crippen LogP contribution >= 0.6 is 0 Å². The second kappa shape index (κ2) is 5.56. The molecule has 4 heteroatoms. The summed E-state index contributed by atoms with van der Waals surface area (Å²) in [5.74, 6) is -0.0473. The lowest BCUT2D eigenvalue weighted by atomic mass is 10.1. The lowest BCUT2D eigenvalue weighted by molar-refractivity contribution is 0.637. The van der Waals surface area contributed by atoms with Gasteiger partial charge in [0.25, 0.3) is 0 Å². The number of imidazole rings is 1. The third kappa shape index (κ3) is 2.49. The number of nitrogens with two attached hydrogens (primary N) is 1. The summed E-state index contributed by atoms with van der Waals surface area (Å²) in [6.07, 6.45) is 3.44. The summed E-state index contributed by atoms with van der Waals surface area (Å²) >= 11 is 0. The third-order valence-electron chi connectivity index (χ3n) is 3.68. The fourth-order valence-electron chi connectivity index (χ4n) is 2.55. The Hall–Kier alpha value is -2.36. The van der Waals surface area contributed by atoms with Crippen LogP contribution in [0.2, 0.25) is 0 Å². The van der Waals surface area contributed by atoms with Crippen molar-refractivity contribution < 1.29 is 4.39 Å². The number of anilines is 1. The molecule has 3 aromatic rings. The van der Waals surface area contributed by atoms with Gasteiger partial charge in [-0.3, -0.25) is 4.57 Å². The van der Waals surface area contributed by atoms with Gasteiger partial charge in [0.05, 0.1) is 5.52 Å². The molecule has 0 aliphatic carbocycles. The molecule has 2 N–H and O–H groups in total. The molecule has 0 radical (unpaired) electrons. The number of para-hydroxylation sites is 1. The molecule has 0 bridgehead atoms. The number of hydrogen-bond donors (Lipinski definition) is 1. The predicted octanol–water partition coefficient (Wildman–Crippen LogP) is 4.09. The molecule has 1 heterocycles. The first-order chi connectivity index (χ1) is 10.2. The van der Waals surface area contributed by atoms with Crippen molar-refractivity contribution in [3.63, 3.8) is 0 Å². The number of aryl methyl sites for hydroxylation is 1. The fourth-order valence-corrected chi connectivity index (χ4v) is 2.55. The van der Waals surface area contributed by atoms with Gasteiger partial charge in [-0.2, -0.15) is 0 Å². The van der Waals surface area contributed by atoms with Gasteiger partial charge in [0, 0.05) is 5.69 Å². The van der Waals surface area contributed by atoms with Crippen LogP contribution in [-0.2, 0) is 6.42 Å². The van der Waals surface area contributed by atoms with Gasteiger partial charge in [-0.05, 0) is 42.7 Å². The number of rotatable bonds is 4. The molecule has 2 aromatic carbocycles. The van der Waals surface area contributed by atoms with Gasteiger partial charge in [0.15, 0.2) is 5.82 Å². The number of fused-ring (bicyclic) bond motifs is 1. The number of aromatic nitrogens is 2. The third-order valence-corrected chi connectivity index (χ3v) is 3.68. The molecule has 0 aliphatic heterocycles. The van der Waals surface area contributed by atoms with E-state index >= 15 is 0 Å². The minimum absolute atomic E-state index is 0.302. The van der Waals surface area contributed by atoms with Crippen molar-refractivity contribution in [2.75, 3.05) is 5.73 Å². The Morgan fingerprint density at radius 3 is 2.62 bits per heavy atom. The van der Waals surface area contributed by atoms with Crippen LogP contribution in [-0.4, -0.2) is 9.55 Å². The first-order valence-electron chi connectivity index (χ1n) is 7.22. The minimum Gasteiger partial charge on any atom is -0.369 e. The maximum absolute atomic E-state index is 13.8. The van der Waals surface area contributed by atoms with E-state index in [2.05, 4.69) is 24.0 Å². The van der Waals surface area contributed by atoms with E-state index in [9.17, 15) is 4.39 Å². The standard InChI is InChI=1S/C17H18FN3/c1-2-3-5-12-8-10-13(11-9-12)21-15-7-4-6-14(18)16(15)20-17(21)19/h4,6-11H,2-3,5H2,1H3,(H2,19,20). The summed E-state index contributed by atoms with van der Waals surface area (Å²) in [7, 11) is 0. The molecule has 3 rings (SSSR count). The lowest BCUT2D eigenvalue weighted by Crippen LogP contribution is -2.00. The van der Waals surface area contributed by atoms with Crippen molar-refractivity contribution in [1.82, 2.24) is 9.55 Å². The van der Waals surface area contributed by atoms with Gasteiger partial charge >= 0.3 is 0 Å². The average Bonchev–Trinajstić information content (AvgIpc) is 2.83. The molecule has 0 atom stereocenters. The summed E-state index contributed by atoms with van der Waals surface area (Å²) in [6.45, 7) is 2.18. The van der Waals surface area contributed by atoms with Crippen molar-refractivity contribution in [3.8, 4) is 5.69 Å². The Kier molecular flexibility index (Phi) is 3.60. The van der Waals surface area contributed by atoms with Crippen LogP contribution in [0.25, 0.3) is 16.7 Å². The number of nitrogens with zero attached hydrogens (tertiary/aromatic N) is 2. The zero-order valence-corrected chi connectivity index (χ0v) is 12.0. The number of hydrogen-bond acceptors (Lipinski definition) is 2. The van der Waals surface area contributed by atoms with Gasteiger partial charge < -0.3 is 5.73 Å². The van der Waals surface area contributed by atoms with Gasteiger partial charge in [-0.1, -0.05) is 31.5 Å². The molecule has 3 nitrogen and oxygen atoms in total. The van der Waals surface area contributed by atoms with E-state index in [4.69, 9.17) is 5.73 Å². The SMILES string of the molecule is CCCCc1ccc(-n2c(N)nc3c(F)cccc32)cc1. The van der Waals surface area contributed by atoms with Crippen molar-refractivity contribution in [3.05, 3.63) is 53.8 Å². The Bertz CT molecular complexity index is 760. The zero-order chi connectivity index (χ0) is 14.8. The van der Waals surface area contributed by atoms with E-state index in [0.29, 0.717) is 17.0 Å². The highest BCUT2D eigenvalue weighted by Crippen LogP contribution is 2.25. The Balaban J connectivity index is 2.04. The zero-order valence-electron chi connectivity index (χ0n) is 12.0. The first kappa shape index (κ1) is 13.6. The van der Waals surface area contributed by atoms with E-state index < -0.39 is 0 Å². The van der Waals surface area contributed by atoms with Gasteiger partial charge in [0.2, 0.25) is 5.95 Å². The monoisotopic (exact) mass is 283 g/mol. The summed E-state index contributed by atoms with van der Waals surface area (Å²) in [6, 6.07) is 13.1. The molecule has 108 valence electrons. The van der Waals surface area contributed by atoms with Crippen LogP contribution < -0.4 is 5.73 Å². The maximum Gasteiger partial charge on any atom is 0.206 e. The molecule has 0 spiro atoms. The second-order valence-corrected chi connectivity index (χ2v) is 5.18. The Morgan fingerprint density at radius 2 is 1.90 bits per heavy atom. The predicted molar refractivity (Wildman–Crippen MR) is 84.1 cm³/mol. The van der Waals surface area contributed by atoms with Crippen molar-refractivity contribution >= 4 is 17.0 Å². The summed E-state index contributed by atoms with van der Waals surface area (Å²) in [5.41, 5.74) is 9.16. The van der Waals surface area contributed by atoms with Crippen molar-refractivity contribution in [1.29, 1.82) is 0 Å². The number of benzene rings is 2. The topological polar surface area (TPSA) is 43.8 Å². The molecule has 1 aromatic heterocycles. The molecular weight excluding hydrogens is 265 g/mol. The minimum atomic E-state index is -0.350. The highest BCUT2D eigenvalue weighted by Gasteiger charge is 2.12. The van der Waals surface area contributed by atoms with Gasteiger partial charge in [-0.15, -0.1) is 0 Å². The highest BCUT2D eigenvalue weighted by atomic mass is 19.1. The van der Waals surface area contributed by atoms with E-state index in [1.165, 1.54) is 24.5 Å². The van der Waals surface area contributed by atoms with Crippen molar-refractivity contribution in [2.45, 2.75) is 26.2 Å². The largest absolute Gasteiger partial charge is 0.369 e.